The first-order chi connectivity index (χ1) is 13.8. The lowest BCUT2D eigenvalue weighted by molar-refractivity contribution is -0.164. The minimum absolute atomic E-state index is 0.0462. The van der Waals surface area contributed by atoms with Crippen molar-refractivity contribution in [1.29, 1.82) is 0 Å². The van der Waals surface area contributed by atoms with Crippen LogP contribution in [0, 0.1) is 0 Å². The third-order valence-electron chi connectivity index (χ3n) is 5.45. The maximum atomic E-state index is 13.0. The molecule has 9 nitrogen and oxygen atoms in total. The molecule has 1 aromatic carbocycles. The number of ether oxygens (including phenoxy) is 6. The summed E-state index contributed by atoms with van der Waals surface area (Å²) in [5.74, 6) is -0.426. The summed E-state index contributed by atoms with van der Waals surface area (Å²) in [6.07, 6.45) is 0.0748. The first-order valence-corrected chi connectivity index (χ1v) is 9.35. The molecule has 4 atom stereocenters. The standard InChI is InChI=1S/C20H21NO8/c1-8(22)27-12-6-10-9-5-11-15(26-7-25-11)17(24-4)13(9)19(23)21-14(10)18-16(12)28-20(2,3)29-18/h5-6,12,14,16,18H,7H2,1-4H3,(H,21,23)/t12-,14-,16+,18-/m0/s1. The molecule has 0 saturated carbocycles. The average molecular weight is 403 g/mol. The van der Waals surface area contributed by atoms with Crippen molar-refractivity contribution >= 4 is 17.4 Å². The molecule has 5 rings (SSSR count). The SMILES string of the molecule is COc1c2c(cc3c1C(=O)N[C@H]1C3=C[C@H](OC(C)=O)[C@H]3OC(C)(C)O[C@H]31)OCO2. The van der Waals surface area contributed by atoms with E-state index in [2.05, 4.69) is 5.32 Å². The van der Waals surface area contributed by atoms with Crippen LogP contribution in [-0.2, 0) is 19.0 Å². The highest BCUT2D eigenvalue weighted by Gasteiger charge is 2.55. The number of methoxy groups -OCH3 is 1. The van der Waals surface area contributed by atoms with E-state index in [-0.39, 0.29) is 12.7 Å². The normalized spacial score (nSPS) is 30.5. The maximum absolute atomic E-state index is 13.0. The molecule has 4 aliphatic rings. The molecule has 1 aromatic rings. The summed E-state index contributed by atoms with van der Waals surface area (Å²) in [5, 5.41) is 2.99. The zero-order valence-corrected chi connectivity index (χ0v) is 16.4. The van der Waals surface area contributed by atoms with Crippen LogP contribution in [0.4, 0.5) is 0 Å². The Labute approximate surface area is 166 Å². The Hall–Kier alpha value is -2.78. The monoisotopic (exact) mass is 403 g/mol. The van der Waals surface area contributed by atoms with Crippen LogP contribution in [0.2, 0.25) is 0 Å². The molecule has 154 valence electrons. The number of carbonyl (C=O) groups excluding carboxylic acids is 2. The highest BCUT2D eigenvalue weighted by molar-refractivity contribution is 6.07. The molecular formula is C20H21NO8. The topological polar surface area (TPSA) is 102 Å². The number of hydrogen-bond donors (Lipinski definition) is 1. The fourth-order valence-corrected chi connectivity index (χ4v) is 4.47. The minimum Gasteiger partial charge on any atom is -0.492 e. The van der Waals surface area contributed by atoms with Crippen molar-refractivity contribution in [3.05, 3.63) is 23.3 Å². The molecule has 3 aliphatic heterocycles. The molecule has 1 N–H and O–H groups in total. The van der Waals surface area contributed by atoms with E-state index in [1.807, 2.05) is 0 Å². The van der Waals surface area contributed by atoms with Crippen LogP contribution >= 0.6 is 0 Å². The molecule has 3 heterocycles. The molecule has 29 heavy (non-hydrogen) atoms. The third-order valence-corrected chi connectivity index (χ3v) is 5.45. The Morgan fingerprint density at radius 3 is 2.72 bits per heavy atom. The molecule has 1 aliphatic carbocycles. The molecule has 0 spiro atoms. The van der Waals surface area contributed by atoms with Crippen molar-refractivity contribution in [2.45, 2.75) is 50.9 Å². The van der Waals surface area contributed by atoms with Crippen LogP contribution in [-0.4, -0.2) is 55.9 Å². The number of nitrogens with one attached hydrogen (secondary N) is 1. The van der Waals surface area contributed by atoms with E-state index in [4.69, 9.17) is 28.4 Å². The smallest absolute Gasteiger partial charge is 0.303 e. The van der Waals surface area contributed by atoms with Crippen LogP contribution in [0.3, 0.4) is 0 Å². The fraction of sp³-hybridized carbons (Fsp3) is 0.500. The van der Waals surface area contributed by atoms with E-state index in [9.17, 15) is 9.59 Å². The number of rotatable bonds is 2. The van der Waals surface area contributed by atoms with Gasteiger partial charge in [-0.15, -0.1) is 0 Å². The first kappa shape index (κ1) is 18.3. The molecular weight excluding hydrogens is 382 g/mol. The lowest BCUT2D eigenvalue weighted by Crippen LogP contribution is -2.56. The molecule has 9 heteroatoms. The number of carbonyl (C=O) groups is 2. The summed E-state index contributed by atoms with van der Waals surface area (Å²) in [4.78, 5) is 24.7. The number of fused-ring (bicyclic) bond motifs is 6. The second-order valence-electron chi connectivity index (χ2n) is 7.78. The summed E-state index contributed by atoms with van der Waals surface area (Å²) in [6, 6.07) is 1.28. The lowest BCUT2D eigenvalue weighted by atomic mass is 9.79. The van der Waals surface area contributed by atoms with Gasteiger partial charge in [0.25, 0.3) is 5.91 Å². The van der Waals surface area contributed by atoms with Gasteiger partial charge in [0.15, 0.2) is 17.3 Å². The van der Waals surface area contributed by atoms with Gasteiger partial charge in [-0.2, -0.15) is 0 Å². The van der Waals surface area contributed by atoms with Gasteiger partial charge in [0.1, 0.15) is 18.3 Å². The van der Waals surface area contributed by atoms with Crippen molar-refractivity contribution in [3.8, 4) is 17.2 Å². The molecule has 0 aromatic heterocycles. The first-order valence-electron chi connectivity index (χ1n) is 9.35. The van der Waals surface area contributed by atoms with E-state index in [0.29, 0.717) is 28.4 Å². The summed E-state index contributed by atoms with van der Waals surface area (Å²) in [7, 11) is 1.47. The van der Waals surface area contributed by atoms with Crippen molar-refractivity contribution in [1.82, 2.24) is 5.32 Å². The Morgan fingerprint density at radius 2 is 2.00 bits per heavy atom. The summed E-state index contributed by atoms with van der Waals surface area (Å²) >= 11 is 0. The number of benzene rings is 1. The molecule has 1 amide bonds. The molecule has 1 fully saturated rings. The largest absolute Gasteiger partial charge is 0.492 e. The quantitative estimate of drug-likeness (QED) is 0.740. The van der Waals surface area contributed by atoms with Crippen molar-refractivity contribution in [2.75, 3.05) is 13.9 Å². The number of amides is 1. The van der Waals surface area contributed by atoms with Crippen molar-refractivity contribution in [2.24, 2.45) is 0 Å². The Bertz CT molecular complexity index is 952. The van der Waals surface area contributed by atoms with Crippen LogP contribution in [0.15, 0.2) is 12.1 Å². The van der Waals surface area contributed by atoms with E-state index >= 15 is 0 Å². The van der Waals surface area contributed by atoms with Gasteiger partial charge in [-0.1, -0.05) is 0 Å². The predicted molar refractivity (Wildman–Crippen MR) is 97.7 cm³/mol. The van der Waals surface area contributed by atoms with E-state index in [1.54, 1.807) is 26.0 Å². The fourth-order valence-electron chi connectivity index (χ4n) is 4.47. The van der Waals surface area contributed by atoms with Gasteiger partial charge in [-0.25, -0.2) is 0 Å². The van der Waals surface area contributed by atoms with Gasteiger partial charge in [0.2, 0.25) is 12.5 Å². The Balaban J connectivity index is 1.68. The molecule has 0 bridgehead atoms. The van der Waals surface area contributed by atoms with Crippen molar-refractivity contribution in [3.63, 3.8) is 0 Å². The summed E-state index contributed by atoms with van der Waals surface area (Å²) in [6.45, 7) is 4.97. The highest BCUT2D eigenvalue weighted by atomic mass is 16.8. The zero-order valence-electron chi connectivity index (χ0n) is 16.4. The van der Waals surface area contributed by atoms with Crippen molar-refractivity contribution < 1.29 is 38.0 Å². The molecule has 0 unspecified atom stereocenters. The third kappa shape index (κ3) is 2.68. The lowest BCUT2D eigenvalue weighted by Gasteiger charge is -2.39. The predicted octanol–water partition coefficient (Wildman–Crippen LogP) is 1.38. The average Bonchev–Trinajstić information content (AvgIpc) is 3.24. The molecule has 1 saturated heterocycles. The van der Waals surface area contributed by atoms with Gasteiger partial charge in [-0.05, 0) is 31.6 Å². The number of hydrogen-bond acceptors (Lipinski definition) is 8. The van der Waals surface area contributed by atoms with Gasteiger partial charge in [0, 0.05) is 12.5 Å². The van der Waals surface area contributed by atoms with Crippen LogP contribution in [0.25, 0.3) is 5.57 Å². The van der Waals surface area contributed by atoms with Gasteiger partial charge in [0.05, 0.1) is 18.7 Å². The second kappa shape index (κ2) is 6.11. The van der Waals surface area contributed by atoms with Crippen LogP contribution < -0.4 is 19.5 Å². The Morgan fingerprint density at radius 1 is 1.24 bits per heavy atom. The number of esters is 1. The maximum Gasteiger partial charge on any atom is 0.303 e. The summed E-state index contributed by atoms with van der Waals surface area (Å²) < 4.78 is 34.1. The van der Waals surface area contributed by atoms with Gasteiger partial charge >= 0.3 is 5.97 Å². The molecule has 0 radical (unpaired) electrons. The van der Waals surface area contributed by atoms with E-state index in [1.165, 1.54) is 14.0 Å². The van der Waals surface area contributed by atoms with Crippen LogP contribution in [0.1, 0.15) is 36.7 Å². The Kier molecular flexibility index (Phi) is 3.85. The highest BCUT2D eigenvalue weighted by Crippen LogP contribution is 2.50. The second-order valence-corrected chi connectivity index (χ2v) is 7.78. The van der Waals surface area contributed by atoms with Gasteiger partial charge in [-0.3, -0.25) is 9.59 Å². The zero-order chi connectivity index (χ0) is 20.5. The minimum atomic E-state index is -0.880. The van der Waals surface area contributed by atoms with Gasteiger partial charge < -0.3 is 33.7 Å². The van der Waals surface area contributed by atoms with Crippen LogP contribution in [0.5, 0.6) is 17.2 Å². The van der Waals surface area contributed by atoms with E-state index < -0.39 is 36.1 Å². The van der Waals surface area contributed by atoms with E-state index in [0.717, 1.165) is 5.57 Å². The summed E-state index contributed by atoms with van der Waals surface area (Å²) in [5.41, 5.74) is 1.73.